The van der Waals surface area contributed by atoms with Gasteiger partial charge in [0.15, 0.2) is 12.6 Å². The van der Waals surface area contributed by atoms with Crippen LogP contribution in [0.5, 0.6) is 11.5 Å². The Kier molecular flexibility index (Phi) is 6.87. The van der Waals surface area contributed by atoms with Gasteiger partial charge in [-0.05, 0) is 49.4 Å². The lowest BCUT2D eigenvalue weighted by molar-refractivity contribution is -0.0176. The molecule has 36 heavy (non-hydrogen) atoms. The molecule has 1 aliphatic heterocycles. The van der Waals surface area contributed by atoms with Crippen LogP contribution >= 0.6 is 23.2 Å². The molecule has 4 aromatic rings. The number of halogens is 2. The van der Waals surface area contributed by atoms with Crippen LogP contribution in [0.3, 0.4) is 0 Å². The van der Waals surface area contributed by atoms with Crippen molar-refractivity contribution in [1.29, 1.82) is 0 Å². The first kappa shape index (κ1) is 24.2. The molecule has 0 radical (unpaired) electrons. The van der Waals surface area contributed by atoms with Gasteiger partial charge in [0.25, 0.3) is 0 Å². The number of hydrogen-bond donors (Lipinski definition) is 0. The Labute approximate surface area is 216 Å². The number of benzene rings is 3. The maximum atomic E-state index is 13.5. The van der Waals surface area contributed by atoms with E-state index in [-0.39, 0.29) is 43.5 Å². The average molecular weight is 527 g/mol. The van der Waals surface area contributed by atoms with Gasteiger partial charge in [0.05, 0.1) is 29.2 Å². The molecule has 2 heterocycles. The molecule has 5 rings (SSSR count). The van der Waals surface area contributed by atoms with E-state index in [1.54, 1.807) is 55.5 Å². The lowest BCUT2D eigenvalue weighted by Gasteiger charge is -2.22. The number of fused-ring (bicyclic) bond motifs is 2. The maximum absolute atomic E-state index is 13.5. The summed E-state index contributed by atoms with van der Waals surface area (Å²) in [5, 5.41) is 1.04. The van der Waals surface area contributed by atoms with E-state index in [0.717, 1.165) is 0 Å². The summed E-state index contributed by atoms with van der Waals surface area (Å²) in [5.74, 6) is 0.186. The van der Waals surface area contributed by atoms with E-state index < -0.39 is 11.4 Å². The van der Waals surface area contributed by atoms with Gasteiger partial charge < -0.3 is 23.4 Å². The summed E-state index contributed by atoms with van der Waals surface area (Å²) in [4.78, 5) is 26.0. The van der Waals surface area contributed by atoms with E-state index in [0.29, 0.717) is 43.6 Å². The molecule has 0 unspecified atom stereocenters. The number of carbonyl (C=O) groups is 1. The summed E-state index contributed by atoms with van der Waals surface area (Å²) >= 11 is 12.6. The Morgan fingerprint density at radius 1 is 1.08 bits per heavy atom. The molecule has 7 nitrogen and oxygen atoms in total. The second-order valence-electron chi connectivity index (χ2n) is 7.95. The van der Waals surface area contributed by atoms with Gasteiger partial charge in [-0.25, -0.2) is 4.79 Å². The molecule has 0 spiro atoms. The summed E-state index contributed by atoms with van der Waals surface area (Å²) in [5.41, 5.74) is 1.98. The molecule has 0 fully saturated rings. The summed E-state index contributed by atoms with van der Waals surface area (Å²) < 4.78 is 28.4. The Morgan fingerprint density at radius 2 is 1.92 bits per heavy atom. The van der Waals surface area contributed by atoms with Crippen molar-refractivity contribution in [2.24, 2.45) is 0 Å². The van der Waals surface area contributed by atoms with Gasteiger partial charge in [-0.3, -0.25) is 4.79 Å². The fourth-order valence-corrected chi connectivity index (χ4v) is 4.39. The summed E-state index contributed by atoms with van der Waals surface area (Å²) in [6, 6.07) is 15.1. The van der Waals surface area contributed by atoms with Gasteiger partial charge in [-0.15, -0.1) is 0 Å². The first-order chi connectivity index (χ1) is 17.5. The van der Waals surface area contributed by atoms with Crippen molar-refractivity contribution in [1.82, 2.24) is 0 Å². The van der Waals surface area contributed by atoms with Gasteiger partial charge in [0, 0.05) is 21.7 Å². The van der Waals surface area contributed by atoms with Gasteiger partial charge in [-0.2, -0.15) is 0 Å². The van der Waals surface area contributed by atoms with E-state index in [2.05, 4.69) is 0 Å². The quantitative estimate of drug-likeness (QED) is 0.269. The normalized spacial score (nSPS) is 12.6. The van der Waals surface area contributed by atoms with Crippen molar-refractivity contribution in [2.45, 2.75) is 20.1 Å². The predicted molar refractivity (Wildman–Crippen MR) is 135 cm³/mol. The number of ether oxygens (including phenoxy) is 4. The van der Waals surface area contributed by atoms with E-state index in [1.165, 1.54) is 6.07 Å². The second-order valence-corrected chi connectivity index (χ2v) is 8.80. The van der Waals surface area contributed by atoms with Crippen molar-refractivity contribution in [3.8, 4) is 22.8 Å². The minimum atomic E-state index is -0.483. The minimum Gasteiger partial charge on any atom is -0.481 e. The highest BCUT2D eigenvalue weighted by Crippen LogP contribution is 2.37. The molecule has 0 aliphatic carbocycles. The molecule has 0 N–H and O–H groups in total. The monoisotopic (exact) mass is 526 g/mol. The highest BCUT2D eigenvalue weighted by Gasteiger charge is 2.23. The predicted octanol–water partition coefficient (Wildman–Crippen LogP) is 6.39. The lowest BCUT2D eigenvalue weighted by Crippen LogP contribution is -2.17. The zero-order valence-electron chi connectivity index (χ0n) is 19.1. The Balaban J connectivity index is 1.62. The van der Waals surface area contributed by atoms with Crippen molar-refractivity contribution in [3.63, 3.8) is 0 Å². The Bertz CT molecular complexity index is 1530. The lowest BCUT2D eigenvalue weighted by atomic mass is 10.0. The zero-order valence-corrected chi connectivity index (χ0v) is 20.7. The van der Waals surface area contributed by atoms with E-state index in [4.69, 9.17) is 46.6 Å². The molecule has 184 valence electrons. The molecule has 0 saturated heterocycles. The fraction of sp³-hybridized carbons (Fsp3) is 0.185. The van der Waals surface area contributed by atoms with E-state index in [9.17, 15) is 9.59 Å². The first-order valence-electron chi connectivity index (χ1n) is 11.1. The van der Waals surface area contributed by atoms with Crippen molar-refractivity contribution < 1.29 is 28.2 Å². The molecule has 0 amide bonds. The largest absolute Gasteiger partial charge is 0.481 e. The number of hydrogen-bond acceptors (Lipinski definition) is 7. The standard InChI is InChI=1S/C27H20Cl2O7/c1-2-33-27(31)15-9-16-12-32-14-35-24(16)17(10-15)13-34-26-23(30)20-11-18(28)7-8-22(20)36-25(26)19-5-3-4-6-21(19)29/h3-11H,2,12-14H2,1H3. The molecule has 3 aromatic carbocycles. The van der Waals surface area contributed by atoms with Crippen LogP contribution in [0.1, 0.15) is 28.4 Å². The van der Waals surface area contributed by atoms with E-state index >= 15 is 0 Å². The highest BCUT2D eigenvalue weighted by molar-refractivity contribution is 6.33. The summed E-state index contributed by atoms with van der Waals surface area (Å²) in [6.45, 7) is 2.19. The molecular weight excluding hydrogens is 507 g/mol. The molecule has 9 heteroatoms. The van der Waals surface area contributed by atoms with Crippen LogP contribution in [0.4, 0.5) is 0 Å². The second kappa shape index (κ2) is 10.2. The molecule has 0 bridgehead atoms. The topological polar surface area (TPSA) is 84.2 Å². The van der Waals surface area contributed by atoms with E-state index in [1.807, 2.05) is 0 Å². The number of rotatable bonds is 6. The number of esters is 1. The van der Waals surface area contributed by atoms with Gasteiger partial charge >= 0.3 is 5.97 Å². The highest BCUT2D eigenvalue weighted by atomic mass is 35.5. The number of carbonyl (C=O) groups excluding carboxylic acids is 1. The Hall–Kier alpha value is -3.52. The third-order valence-electron chi connectivity index (χ3n) is 5.60. The van der Waals surface area contributed by atoms with Crippen molar-refractivity contribution in [2.75, 3.05) is 13.4 Å². The van der Waals surface area contributed by atoms with Crippen LogP contribution in [0.25, 0.3) is 22.3 Å². The SMILES string of the molecule is CCOC(=O)c1cc2c(c(COc3c(-c4ccccc4Cl)oc4ccc(Cl)cc4c3=O)c1)OCOC2. The molecule has 1 aliphatic rings. The smallest absolute Gasteiger partial charge is 0.338 e. The van der Waals surface area contributed by atoms with Gasteiger partial charge in [0.2, 0.25) is 11.2 Å². The molecule has 1 aromatic heterocycles. The van der Waals surface area contributed by atoms with Gasteiger partial charge in [0.1, 0.15) is 17.9 Å². The van der Waals surface area contributed by atoms with Crippen LogP contribution in [-0.2, 0) is 22.7 Å². The summed E-state index contributed by atoms with van der Waals surface area (Å²) in [7, 11) is 0. The van der Waals surface area contributed by atoms with Crippen LogP contribution in [-0.4, -0.2) is 19.4 Å². The molecule has 0 atom stereocenters. The van der Waals surface area contributed by atoms with Crippen LogP contribution in [0.2, 0.25) is 10.0 Å². The van der Waals surface area contributed by atoms with Crippen LogP contribution < -0.4 is 14.9 Å². The zero-order chi connectivity index (χ0) is 25.2. The average Bonchev–Trinajstić information content (AvgIpc) is 2.88. The Morgan fingerprint density at radius 3 is 2.72 bits per heavy atom. The third kappa shape index (κ3) is 4.65. The first-order valence-corrected chi connectivity index (χ1v) is 11.9. The molecule has 0 saturated carbocycles. The summed E-state index contributed by atoms with van der Waals surface area (Å²) in [6.07, 6.45) is 0. The van der Waals surface area contributed by atoms with Crippen molar-refractivity contribution >= 4 is 40.1 Å². The fourth-order valence-electron chi connectivity index (χ4n) is 3.99. The third-order valence-corrected chi connectivity index (χ3v) is 6.16. The van der Waals surface area contributed by atoms with Crippen LogP contribution in [0, 0.1) is 0 Å². The van der Waals surface area contributed by atoms with Crippen molar-refractivity contribution in [3.05, 3.63) is 91.6 Å². The van der Waals surface area contributed by atoms with Crippen LogP contribution in [0.15, 0.2) is 63.8 Å². The molecular formula is C27H20Cl2O7. The maximum Gasteiger partial charge on any atom is 0.338 e. The van der Waals surface area contributed by atoms with Gasteiger partial charge in [-0.1, -0.05) is 35.3 Å². The minimum absolute atomic E-state index is 0.0415.